The molecular formula is C12H7BrCl3NZr. The molecule has 1 aromatic heterocycles. The first-order valence-electron chi connectivity index (χ1n) is 4.49. The number of halogens is 4. The van der Waals surface area contributed by atoms with Crippen LogP contribution in [-0.2, 0) is 32.6 Å². The number of nitrogens with zero attached hydrogens (tertiary/aromatic N) is 1. The fraction of sp³-hybridized carbons (Fsp3) is 0.0833. The molecule has 0 amide bonds. The molecule has 92 valence electrons. The van der Waals surface area contributed by atoms with Crippen LogP contribution in [0, 0.1) is 6.20 Å². The second-order valence-electron chi connectivity index (χ2n) is 3.44. The van der Waals surface area contributed by atoms with Gasteiger partial charge in [0.15, 0.2) is 0 Å². The Balaban J connectivity index is 0. The van der Waals surface area contributed by atoms with Crippen molar-refractivity contribution in [3.05, 3.63) is 52.3 Å². The van der Waals surface area contributed by atoms with Gasteiger partial charge in [0.1, 0.15) is 0 Å². The van der Waals surface area contributed by atoms with Crippen LogP contribution >= 0.6 is 15.9 Å². The molecule has 0 saturated heterocycles. The van der Waals surface area contributed by atoms with Gasteiger partial charge >= 0.3 is 26.2 Å². The first-order valence-corrected chi connectivity index (χ1v) is 5.28. The van der Waals surface area contributed by atoms with Gasteiger partial charge in [0, 0.05) is 4.47 Å². The molecule has 0 radical (unpaired) electrons. The summed E-state index contributed by atoms with van der Waals surface area (Å²) in [5, 5.41) is 0. The van der Waals surface area contributed by atoms with Crippen molar-refractivity contribution in [2.45, 2.75) is 6.42 Å². The summed E-state index contributed by atoms with van der Waals surface area (Å²) >= 11 is 3.48. The van der Waals surface area contributed by atoms with Crippen molar-refractivity contribution in [2.75, 3.05) is 0 Å². The van der Waals surface area contributed by atoms with Crippen LogP contribution in [0.25, 0.3) is 11.1 Å². The minimum Gasteiger partial charge on any atom is -1.00 e. The third-order valence-electron chi connectivity index (χ3n) is 2.57. The quantitative estimate of drug-likeness (QED) is 0.316. The summed E-state index contributed by atoms with van der Waals surface area (Å²) in [4.78, 5) is 4.04. The summed E-state index contributed by atoms with van der Waals surface area (Å²) < 4.78 is 1.14. The standard InChI is InChI=1S/C12H7BrN.3ClH.Zr/c13-10-1-2-11-9(6-10)5-8-3-4-14-7-12(8)11;;;;/h1-4,6H,5H2;3*1H;/q-1;;;;+4/p-3. The number of pyridine rings is 1. The predicted octanol–water partition coefficient (Wildman–Crippen LogP) is -5.78. The van der Waals surface area contributed by atoms with E-state index in [9.17, 15) is 0 Å². The Kier molecular flexibility index (Phi) is 10.1. The Labute approximate surface area is 153 Å². The first-order chi connectivity index (χ1) is 6.84. The van der Waals surface area contributed by atoms with Gasteiger partial charge in [-0.15, -0.1) is 17.2 Å². The Morgan fingerprint density at radius 3 is 2.50 bits per heavy atom. The number of hydrogen-bond donors (Lipinski definition) is 0. The maximum atomic E-state index is 4.04. The molecule has 1 aliphatic rings. The van der Waals surface area contributed by atoms with E-state index >= 15 is 0 Å². The molecule has 3 rings (SSSR count). The summed E-state index contributed by atoms with van der Waals surface area (Å²) in [5.41, 5.74) is 5.12. The molecule has 18 heavy (non-hydrogen) atoms. The van der Waals surface area contributed by atoms with Crippen LogP contribution in [0.4, 0.5) is 0 Å². The molecule has 0 spiro atoms. The van der Waals surface area contributed by atoms with Crippen molar-refractivity contribution in [1.29, 1.82) is 0 Å². The second-order valence-corrected chi connectivity index (χ2v) is 4.35. The first kappa shape index (κ1) is 20.9. The summed E-state index contributed by atoms with van der Waals surface area (Å²) in [5.74, 6) is 0. The summed E-state index contributed by atoms with van der Waals surface area (Å²) in [7, 11) is 0. The van der Waals surface area contributed by atoms with E-state index in [0.717, 1.165) is 16.5 Å². The zero-order valence-electron chi connectivity index (χ0n) is 9.05. The third kappa shape index (κ3) is 3.80. The van der Waals surface area contributed by atoms with Crippen LogP contribution in [0.2, 0.25) is 0 Å². The van der Waals surface area contributed by atoms with Crippen LogP contribution in [-0.4, -0.2) is 4.98 Å². The van der Waals surface area contributed by atoms with Gasteiger partial charge in [0.25, 0.3) is 0 Å². The molecule has 0 unspecified atom stereocenters. The van der Waals surface area contributed by atoms with Gasteiger partial charge in [0.05, 0.1) is 0 Å². The van der Waals surface area contributed by atoms with E-state index in [0.29, 0.717) is 0 Å². The van der Waals surface area contributed by atoms with E-state index in [-0.39, 0.29) is 63.4 Å². The molecule has 0 atom stereocenters. The van der Waals surface area contributed by atoms with Gasteiger partial charge in [0.2, 0.25) is 0 Å². The maximum Gasteiger partial charge on any atom is 4.00 e. The van der Waals surface area contributed by atoms with Gasteiger partial charge in [-0.1, -0.05) is 51.5 Å². The number of benzene rings is 1. The molecule has 0 aliphatic heterocycles. The Morgan fingerprint density at radius 1 is 1.06 bits per heavy atom. The molecule has 1 heterocycles. The van der Waals surface area contributed by atoms with Crippen LogP contribution in [0.3, 0.4) is 0 Å². The van der Waals surface area contributed by atoms with E-state index in [1.807, 2.05) is 0 Å². The molecule has 2 aromatic rings. The Hall–Kier alpha value is 0.603. The normalized spacial score (nSPS) is 9.61. The van der Waals surface area contributed by atoms with Crippen molar-refractivity contribution in [3.63, 3.8) is 0 Å². The van der Waals surface area contributed by atoms with Crippen molar-refractivity contribution in [1.82, 2.24) is 4.98 Å². The number of rotatable bonds is 0. The van der Waals surface area contributed by atoms with Gasteiger partial charge in [-0.25, -0.2) is 0 Å². The largest absolute Gasteiger partial charge is 4.00 e. The molecular weight excluding hydrogens is 436 g/mol. The fourth-order valence-corrected chi connectivity index (χ4v) is 2.33. The van der Waals surface area contributed by atoms with Crippen molar-refractivity contribution < 1.29 is 63.4 Å². The SMILES string of the molecule is Brc1ccc2c(c1)Cc1ccn[c-]c1-2.[Cl-].[Cl-].[Cl-].[Zr+4]. The van der Waals surface area contributed by atoms with Crippen LogP contribution in [0.5, 0.6) is 0 Å². The summed E-state index contributed by atoms with van der Waals surface area (Å²) in [6.45, 7) is 0. The average Bonchev–Trinajstić information content (AvgIpc) is 2.54. The van der Waals surface area contributed by atoms with E-state index in [4.69, 9.17) is 0 Å². The monoisotopic (exact) mass is 439 g/mol. The second kappa shape index (κ2) is 8.71. The van der Waals surface area contributed by atoms with Gasteiger partial charge in [-0.3, -0.25) is 0 Å². The Bertz CT molecular complexity index is 522. The van der Waals surface area contributed by atoms with E-state index < -0.39 is 0 Å². The van der Waals surface area contributed by atoms with Crippen molar-refractivity contribution >= 4 is 15.9 Å². The van der Waals surface area contributed by atoms with Gasteiger partial charge in [-0.05, 0) is 12.6 Å². The van der Waals surface area contributed by atoms with E-state index in [1.54, 1.807) is 6.20 Å². The molecule has 0 N–H and O–H groups in total. The summed E-state index contributed by atoms with van der Waals surface area (Å²) in [6, 6.07) is 8.43. The number of aromatic nitrogens is 1. The molecule has 1 aromatic carbocycles. The van der Waals surface area contributed by atoms with Crippen LogP contribution in [0.15, 0.2) is 34.9 Å². The van der Waals surface area contributed by atoms with Crippen LogP contribution < -0.4 is 37.2 Å². The van der Waals surface area contributed by atoms with Crippen LogP contribution in [0.1, 0.15) is 11.1 Å². The molecule has 1 aliphatic carbocycles. The Morgan fingerprint density at radius 2 is 1.78 bits per heavy atom. The molecule has 0 saturated carbocycles. The van der Waals surface area contributed by atoms with E-state index in [1.165, 1.54) is 16.7 Å². The average molecular weight is 443 g/mol. The summed E-state index contributed by atoms with van der Waals surface area (Å²) in [6.07, 6.45) is 5.87. The number of fused-ring (bicyclic) bond motifs is 3. The topological polar surface area (TPSA) is 12.9 Å². The predicted molar refractivity (Wildman–Crippen MR) is 59.0 cm³/mol. The van der Waals surface area contributed by atoms with E-state index in [2.05, 4.69) is 51.4 Å². The smallest absolute Gasteiger partial charge is 1.00 e. The minimum absolute atomic E-state index is 0. The zero-order valence-corrected chi connectivity index (χ0v) is 15.4. The van der Waals surface area contributed by atoms with Crippen molar-refractivity contribution in [3.8, 4) is 11.1 Å². The molecule has 6 heteroatoms. The minimum atomic E-state index is 0. The third-order valence-corrected chi connectivity index (χ3v) is 3.06. The zero-order chi connectivity index (χ0) is 9.54. The molecule has 1 nitrogen and oxygen atoms in total. The fourth-order valence-electron chi connectivity index (χ4n) is 1.92. The van der Waals surface area contributed by atoms with Crippen molar-refractivity contribution in [2.24, 2.45) is 0 Å². The van der Waals surface area contributed by atoms with Gasteiger partial charge in [-0.2, -0.15) is 0 Å². The molecule has 0 bridgehead atoms. The van der Waals surface area contributed by atoms with Gasteiger partial charge < -0.3 is 42.2 Å². The molecule has 0 fully saturated rings. The number of hydrogen-bond acceptors (Lipinski definition) is 1. The maximum absolute atomic E-state index is 4.04.